The Labute approximate surface area is 160 Å². The fraction of sp³-hybridized carbons (Fsp3) is 0.167. The largest absolute Gasteiger partial charge is 0.324 e. The van der Waals surface area contributed by atoms with Crippen LogP contribution in [0.4, 0.5) is 29.0 Å². The van der Waals surface area contributed by atoms with Gasteiger partial charge in [0.05, 0.1) is 4.92 Å². The molecule has 8 nitrogen and oxygen atoms in total. The van der Waals surface area contributed by atoms with Gasteiger partial charge in [-0.1, -0.05) is 26.0 Å². The van der Waals surface area contributed by atoms with Crippen molar-refractivity contribution in [3.63, 3.8) is 0 Å². The summed E-state index contributed by atoms with van der Waals surface area (Å²) in [5.41, 5.74) is 2.65. The van der Waals surface area contributed by atoms with Crippen molar-refractivity contribution in [3.05, 3.63) is 69.5 Å². The first kappa shape index (κ1) is 18.5. The molecule has 3 aromatic rings. The minimum Gasteiger partial charge on any atom is -0.324 e. The lowest BCUT2D eigenvalue weighted by Crippen LogP contribution is -2.04. The van der Waals surface area contributed by atoms with Crippen LogP contribution in [-0.2, 0) is 0 Å². The molecule has 1 heterocycles. The Hall–Kier alpha value is -3.26. The molecule has 0 fully saturated rings. The lowest BCUT2D eigenvalue weighted by molar-refractivity contribution is -0.384. The number of nitrogens with zero attached hydrogens (tertiary/aromatic N) is 4. The van der Waals surface area contributed by atoms with E-state index in [9.17, 15) is 10.1 Å². The van der Waals surface area contributed by atoms with E-state index in [1.165, 1.54) is 17.7 Å². The normalized spacial score (nSPS) is 10.7. The van der Waals surface area contributed by atoms with E-state index < -0.39 is 4.92 Å². The summed E-state index contributed by atoms with van der Waals surface area (Å²) in [7, 11) is 0. The summed E-state index contributed by atoms with van der Waals surface area (Å²) >= 11 is 5.98. The highest BCUT2D eigenvalue weighted by Gasteiger charge is 2.08. The summed E-state index contributed by atoms with van der Waals surface area (Å²) in [6.07, 6.45) is 0. The van der Waals surface area contributed by atoms with Gasteiger partial charge in [0.15, 0.2) is 0 Å². The van der Waals surface area contributed by atoms with Crippen molar-refractivity contribution >= 4 is 40.6 Å². The van der Waals surface area contributed by atoms with E-state index in [0.717, 1.165) is 5.69 Å². The summed E-state index contributed by atoms with van der Waals surface area (Å²) in [4.78, 5) is 22.6. The number of nitrogens with one attached hydrogen (secondary N) is 2. The molecule has 9 heteroatoms. The van der Waals surface area contributed by atoms with Gasteiger partial charge in [0, 0.05) is 23.5 Å². The molecule has 27 heavy (non-hydrogen) atoms. The number of nitro benzene ring substituents is 1. The molecular weight excluding hydrogens is 368 g/mol. The second-order valence-electron chi connectivity index (χ2n) is 6.08. The second-order valence-corrected chi connectivity index (χ2v) is 6.42. The minimum atomic E-state index is -0.462. The van der Waals surface area contributed by atoms with E-state index in [1.807, 2.05) is 24.3 Å². The summed E-state index contributed by atoms with van der Waals surface area (Å²) in [6, 6.07) is 13.9. The molecule has 1 aromatic heterocycles. The maximum absolute atomic E-state index is 10.7. The number of non-ortho nitro benzene ring substituents is 1. The molecule has 138 valence electrons. The number of aromatic nitrogens is 3. The molecule has 0 bridgehead atoms. The zero-order chi connectivity index (χ0) is 19.4. The van der Waals surface area contributed by atoms with Gasteiger partial charge in [0.1, 0.15) is 0 Å². The molecule has 2 aromatic carbocycles. The van der Waals surface area contributed by atoms with Crippen molar-refractivity contribution in [2.75, 3.05) is 10.6 Å². The van der Waals surface area contributed by atoms with Crippen LogP contribution in [-0.4, -0.2) is 19.9 Å². The van der Waals surface area contributed by atoms with Crippen molar-refractivity contribution in [1.29, 1.82) is 0 Å². The van der Waals surface area contributed by atoms with Gasteiger partial charge in [-0.05, 0) is 47.3 Å². The fourth-order valence-electron chi connectivity index (χ4n) is 2.34. The molecule has 0 aliphatic rings. The number of anilines is 4. The van der Waals surface area contributed by atoms with Crippen LogP contribution in [0.1, 0.15) is 25.3 Å². The minimum absolute atomic E-state index is 0.00132. The first-order chi connectivity index (χ1) is 12.9. The number of hydrogen-bond acceptors (Lipinski definition) is 7. The van der Waals surface area contributed by atoms with Gasteiger partial charge in [-0.3, -0.25) is 10.1 Å². The predicted molar refractivity (Wildman–Crippen MR) is 105 cm³/mol. The van der Waals surface area contributed by atoms with Crippen molar-refractivity contribution in [2.24, 2.45) is 0 Å². The second kappa shape index (κ2) is 7.96. The maximum Gasteiger partial charge on any atom is 0.269 e. The zero-order valence-electron chi connectivity index (χ0n) is 14.7. The molecule has 0 saturated carbocycles. The highest BCUT2D eigenvalue weighted by Crippen LogP contribution is 2.22. The summed E-state index contributed by atoms with van der Waals surface area (Å²) in [5, 5.41) is 16.8. The molecule has 0 spiro atoms. The van der Waals surface area contributed by atoms with Crippen LogP contribution in [0.15, 0.2) is 48.5 Å². The maximum atomic E-state index is 10.7. The number of benzene rings is 2. The highest BCUT2D eigenvalue weighted by molar-refractivity contribution is 6.28. The van der Waals surface area contributed by atoms with Gasteiger partial charge in [-0.25, -0.2) is 0 Å². The molecule has 0 aliphatic heterocycles. The third kappa shape index (κ3) is 4.89. The first-order valence-electron chi connectivity index (χ1n) is 8.21. The summed E-state index contributed by atoms with van der Waals surface area (Å²) in [6.45, 7) is 4.26. The molecule has 0 unspecified atom stereocenters. The Bertz CT molecular complexity index is 945. The molecular formula is C18H17ClN6O2. The summed E-state index contributed by atoms with van der Waals surface area (Å²) < 4.78 is 0. The third-order valence-electron chi connectivity index (χ3n) is 3.78. The molecule has 2 N–H and O–H groups in total. The van der Waals surface area contributed by atoms with Crippen LogP contribution in [0.25, 0.3) is 0 Å². The number of hydrogen-bond donors (Lipinski definition) is 2. The van der Waals surface area contributed by atoms with Gasteiger partial charge in [-0.2, -0.15) is 15.0 Å². The van der Waals surface area contributed by atoms with Gasteiger partial charge in [0.2, 0.25) is 17.2 Å². The SMILES string of the molecule is CC(C)c1ccc(Nc2nc(Cl)nc(Nc3ccc([N+](=O)[O-])cc3)n2)cc1. The van der Waals surface area contributed by atoms with Gasteiger partial charge in [0.25, 0.3) is 5.69 Å². The van der Waals surface area contributed by atoms with E-state index in [-0.39, 0.29) is 22.9 Å². The van der Waals surface area contributed by atoms with Crippen LogP contribution >= 0.6 is 11.6 Å². The smallest absolute Gasteiger partial charge is 0.269 e. The van der Waals surface area contributed by atoms with Crippen LogP contribution < -0.4 is 10.6 Å². The third-order valence-corrected chi connectivity index (χ3v) is 3.94. The zero-order valence-corrected chi connectivity index (χ0v) is 15.4. The Balaban J connectivity index is 1.76. The van der Waals surface area contributed by atoms with Crippen LogP contribution in [0.3, 0.4) is 0 Å². The molecule has 0 atom stereocenters. The lowest BCUT2D eigenvalue weighted by Gasteiger charge is -2.10. The average molecular weight is 385 g/mol. The van der Waals surface area contributed by atoms with Gasteiger partial charge < -0.3 is 10.6 Å². The average Bonchev–Trinajstić information content (AvgIpc) is 2.62. The quantitative estimate of drug-likeness (QED) is 0.452. The van der Waals surface area contributed by atoms with Crippen LogP contribution in [0.5, 0.6) is 0 Å². The molecule has 3 rings (SSSR count). The number of rotatable bonds is 6. The molecule has 0 aliphatic carbocycles. The van der Waals surface area contributed by atoms with E-state index >= 15 is 0 Å². The van der Waals surface area contributed by atoms with Gasteiger partial charge >= 0.3 is 0 Å². The predicted octanol–water partition coefficient (Wildman–Crippen LogP) is 5.04. The topological polar surface area (TPSA) is 106 Å². The molecule has 0 radical (unpaired) electrons. The van der Waals surface area contributed by atoms with Crippen molar-refractivity contribution in [1.82, 2.24) is 15.0 Å². The molecule has 0 amide bonds. The Morgan fingerprint density at radius 3 is 1.81 bits per heavy atom. The molecule has 0 saturated heterocycles. The van der Waals surface area contributed by atoms with E-state index in [1.54, 1.807) is 12.1 Å². The lowest BCUT2D eigenvalue weighted by atomic mass is 10.0. The highest BCUT2D eigenvalue weighted by atomic mass is 35.5. The summed E-state index contributed by atoms with van der Waals surface area (Å²) in [5.74, 6) is 0.963. The van der Waals surface area contributed by atoms with E-state index in [4.69, 9.17) is 11.6 Å². The Morgan fingerprint density at radius 1 is 0.889 bits per heavy atom. The number of nitro groups is 1. The monoisotopic (exact) mass is 384 g/mol. The van der Waals surface area contributed by atoms with Crippen LogP contribution in [0.2, 0.25) is 5.28 Å². The van der Waals surface area contributed by atoms with Gasteiger partial charge in [-0.15, -0.1) is 0 Å². The van der Waals surface area contributed by atoms with Crippen molar-refractivity contribution in [3.8, 4) is 0 Å². The first-order valence-corrected chi connectivity index (χ1v) is 8.58. The van der Waals surface area contributed by atoms with Crippen molar-refractivity contribution in [2.45, 2.75) is 19.8 Å². The van der Waals surface area contributed by atoms with Crippen LogP contribution in [0, 0.1) is 10.1 Å². The Morgan fingerprint density at radius 2 is 1.37 bits per heavy atom. The Kier molecular flexibility index (Phi) is 5.46. The number of halogens is 1. The van der Waals surface area contributed by atoms with Crippen molar-refractivity contribution < 1.29 is 4.92 Å². The fourth-order valence-corrected chi connectivity index (χ4v) is 2.50. The van der Waals surface area contributed by atoms with E-state index in [0.29, 0.717) is 11.6 Å². The standard InChI is InChI=1S/C18H17ClN6O2/c1-11(2)12-3-5-13(6-4-12)20-17-22-16(19)23-18(24-17)21-14-7-9-15(10-8-14)25(26)27/h3-11H,1-2H3,(H2,20,21,22,23,24). The van der Waals surface area contributed by atoms with E-state index in [2.05, 4.69) is 39.4 Å².